The van der Waals surface area contributed by atoms with Crippen LogP contribution in [0.1, 0.15) is 61.8 Å². The third kappa shape index (κ3) is 3.83. The number of ether oxygens (including phenoxy) is 1. The van der Waals surface area contributed by atoms with E-state index in [0.717, 1.165) is 41.0 Å². The summed E-state index contributed by atoms with van der Waals surface area (Å²) in [6.45, 7) is 4.24. The van der Waals surface area contributed by atoms with Crippen LogP contribution in [-0.4, -0.2) is 11.9 Å². The summed E-state index contributed by atoms with van der Waals surface area (Å²) in [7, 11) is 0. The van der Waals surface area contributed by atoms with Gasteiger partial charge >= 0.3 is 5.97 Å². The molecule has 0 spiro atoms. The van der Waals surface area contributed by atoms with E-state index in [1.165, 1.54) is 10.4 Å². The van der Waals surface area contributed by atoms with E-state index in [-0.39, 0.29) is 18.0 Å². The number of fused-ring (bicyclic) bond motifs is 3. The van der Waals surface area contributed by atoms with Crippen molar-refractivity contribution < 1.29 is 14.3 Å². The summed E-state index contributed by atoms with van der Waals surface area (Å²) in [5.74, 6) is 0.736. The first-order chi connectivity index (χ1) is 15.0. The second kappa shape index (κ2) is 7.85. The van der Waals surface area contributed by atoms with Crippen molar-refractivity contribution in [2.75, 3.05) is 5.32 Å². The Balaban J connectivity index is 1.31. The average molecular weight is 433 g/mol. The molecule has 2 N–H and O–H groups in total. The zero-order chi connectivity index (χ0) is 21.5. The van der Waals surface area contributed by atoms with Crippen molar-refractivity contribution in [1.82, 2.24) is 5.32 Å². The van der Waals surface area contributed by atoms with Crippen LogP contribution in [0, 0.1) is 12.8 Å². The van der Waals surface area contributed by atoms with Crippen LogP contribution < -0.4 is 15.4 Å². The number of esters is 1. The summed E-state index contributed by atoms with van der Waals surface area (Å²) in [5, 5.41) is 7.52. The largest absolute Gasteiger partial charge is 0.423 e. The molecule has 1 aliphatic carbocycles. The Morgan fingerprint density at radius 3 is 2.55 bits per heavy atom. The predicted octanol–water partition coefficient (Wildman–Crippen LogP) is 5.25. The van der Waals surface area contributed by atoms with Gasteiger partial charge in [0.2, 0.25) is 0 Å². The molecule has 0 saturated carbocycles. The Kier molecular flexibility index (Phi) is 5.02. The van der Waals surface area contributed by atoms with E-state index < -0.39 is 0 Å². The average Bonchev–Trinajstić information content (AvgIpc) is 3.12. The van der Waals surface area contributed by atoms with Gasteiger partial charge in [0.1, 0.15) is 16.9 Å². The van der Waals surface area contributed by atoms with Gasteiger partial charge in [0.25, 0.3) is 5.91 Å². The van der Waals surface area contributed by atoms with Crippen LogP contribution in [-0.2, 0) is 12.8 Å². The second-order valence-electron chi connectivity index (χ2n) is 8.43. The zero-order valence-electron chi connectivity index (χ0n) is 17.5. The molecule has 5 rings (SSSR count). The second-order valence-corrected chi connectivity index (χ2v) is 9.54. The lowest BCUT2D eigenvalue weighted by Crippen LogP contribution is -2.38. The minimum absolute atomic E-state index is 0.0133. The van der Waals surface area contributed by atoms with Gasteiger partial charge in [-0.15, -0.1) is 11.3 Å². The molecule has 1 aromatic heterocycles. The van der Waals surface area contributed by atoms with Gasteiger partial charge in [-0.2, -0.15) is 0 Å². The maximum atomic E-state index is 12.9. The highest BCUT2D eigenvalue weighted by atomic mass is 32.1. The fourth-order valence-electron chi connectivity index (χ4n) is 4.21. The molecule has 5 nitrogen and oxygen atoms in total. The quantitative estimate of drug-likeness (QED) is 0.438. The molecule has 2 aliphatic rings. The van der Waals surface area contributed by atoms with Crippen molar-refractivity contribution in [3.8, 4) is 5.75 Å². The molecule has 6 heteroatoms. The van der Waals surface area contributed by atoms with E-state index in [2.05, 4.69) is 17.6 Å². The normalized spacial score (nSPS) is 19.6. The van der Waals surface area contributed by atoms with Crippen molar-refractivity contribution in [3.05, 3.63) is 81.2 Å². The summed E-state index contributed by atoms with van der Waals surface area (Å²) < 4.78 is 5.48. The number of amides is 1. The van der Waals surface area contributed by atoms with Crippen LogP contribution in [0.5, 0.6) is 5.75 Å². The first-order valence-electron chi connectivity index (χ1n) is 10.6. The van der Waals surface area contributed by atoms with E-state index in [1.54, 1.807) is 35.6 Å². The SMILES string of the molecule is Cc1ccc(C(=O)Oc2ccc([C@@H]3NC(=O)c4c(sc5c4CC[C@@H](C)C5)N3)cc2)cc1. The summed E-state index contributed by atoms with van der Waals surface area (Å²) in [4.78, 5) is 26.5. The van der Waals surface area contributed by atoms with E-state index in [4.69, 9.17) is 4.74 Å². The predicted molar refractivity (Wildman–Crippen MR) is 122 cm³/mol. The Morgan fingerprint density at radius 2 is 1.81 bits per heavy atom. The van der Waals surface area contributed by atoms with Gasteiger partial charge in [0.05, 0.1) is 11.1 Å². The number of thiophene rings is 1. The van der Waals surface area contributed by atoms with Gasteiger partial charge in [0.15, 0.2) is 0 Å². The lowest BCUT2D eigenvalue weighted by Gasteiger charge is -2.27. The maximum absolute atomic E-state index is 12.9. The van der Waals surface area contributed by atoms with Gasteiger partial charge in [0, 0.05) is 4.88 Å². The van der Waals surface area contributed by atoms with E-state index in [9.17, 15) is 9.59 Å². The molecule has 2 aromatic carbocycles. The Hall–Kier alpha value is -3.12. The van der Waals surface area contributed by atoms with Crippen molar-refractivity contribution in [1.29, 1.82) is 0 Å². The highest BCUT2D eigenvalue weighted by molar-refractivity contribution is 7.16. The number of carbonyl (C=O) groups is 2. The Bertz CT molecular complexity index is 1150. The van der Waals surface area contributed by atoms with Crippen LogP contribution in [0.4, 0.5) is 5.00 Å². The molecule has 0 radical (unpaired) electrons. The van der Waals surface area contributed by atoms with E-state index >= 15 is 0 Å². The van der Waals surface area contributed by atoms with Gasteiger partial charge in [-0.25, -0.2) is 4.79 Å². The standard InChI is InChI=1S/C25H24N2O3S/c1-14-3-6-17(7-4-14)25(29)30-18-10-8-16(9-11-18)22-26-23(28)21-19-12-5-15(2)13-20(19)31-24(21)27-22/h3-4,6-11,15,22,27H,5,12-13H2,1-2H3,(H,26,28)/t15-,22-/m1/s1. The molecular weight excluding hydrogens is 408 g/mol. The summed E-state index contributed by atoms with van der Waals surface area (Å²) in [5.41, 5.74) is 4.56. The molecule has 0 saturated heterocycles. The fraction of sp³-hybridized carbons (Fsp3) is 0.280. The van der Waals surface area contributed by atoms with Crippen molar-refractivity contribution >= 4 is 28.2 Å². The molecule has 0 unspecified atom stereocenters. The number of aryl methyl sites for hydroxylation is 1. The third-order valence-electron chi connectivity index (χ3n) is 6.00. The van der Waals surface area contributed by atoms with Crippen molar-refractivity contribution in [2.45, 2.75) is 39.3 Å². The maximum Gasteiger partial charge on any atom is 0.343 e. The van der Waals surface area contributed by atoms with Gasteiger partial charge in [-0.05, 0) is 67.5 Å². The molecule has 3 aromatic rings. The first-order valence-corrected chi connectivity index (χ1v) is 11.4. The highest BCUT2D eigenvalue weighted by Crippen LogP contribution is 2.42. The zero-order valence-corrected chi connectivity index (χ0v) is 18.3. The van der Waals surface area contributed by atoms with Crippen molar-refractivity contribution in [3.63, 3.8) is 0 Å². The van der Waals surface area contributed by atoms with Gasteiger partial charge in [-0.1, -0.05) is 36.8 Å². The van der Waals surface area contributed by atoms with Crippen molar-refractivity contribution in [2.24, 2.45) is 5.92 Å². The van der Waals surface area contributed by atoms with E-state index in [1.807, 2.05) is 31.2 Å². The van der Waals surface area contributed by atoms with Crippen LogP contribution >= 0.6 is 11.3 Å². The number of rotatable bonds is 3. The number of carbonyl (C=O) groups excluding carboxylic acids is 2. The molecule has 1 aliphatic heterocycles. The van der Waals surface area contributed by atoms with Gasteiger partial charge < -0.3 is 15.4 Å². The smallest absolute Gasteiger partial charge is 0.343 e. The fourth-order valence-corrected chi connectivity index (χ4v) is 5.65. The summed E-state index contributed by atoms with van der Waals surface area (Å²) in [6.07, 6.45) is 2.85. The van der Waals surface area contributed by atoms with Crippen LogP contribution in [0.25, 0.3) is 0 Å². The minimum atomic E-state index is -0.389. The van der Waals surface area contributed by atoms with Crippen LogP contribution in [0.15, 0.2) is 48.5 Å². The number of hydrogen-bond donors (Lipinski definition) is 2. The van der Waals surface area contributed by atoms with Gasteiger partial charge in [-0.3, -0.25) is 4.79 Å². The van der Waals surface area contributed by atoms with Crippen LogP contribution in [0.3, 0.4) is 0 Å². The van der Waals surface area contributed by atoms with E-state index in [0.29, 0.717) is 17.2 Å². The monoisotopic (exact) mass is 432 g/mol. The molecule has 0 bridgehead atoms. The van der Waals surface area contributed by atoms with Crippen LogP contribution in [0.2, 0.25) is 0 Å². The summed E-state index contributed by atoms with van der Waals surface area (Å²) in [6, 6.07) is 14.5. The molecule has 1 amide bonds. The molecule has 0 fully saturated rings. The molecule has 2 atom stereocenters. The molecular formula is C25H24N2O3S. The molecule has 158 valence electrons. The number of benzene rings is 2. The number of nitrogens with one attached hydrogen (secondary N) is 2. The number of hydrogen-bond acceptors (Lipinski definition) is 5. The topological polar surface area (TPSA) is 67.4 Å². The lowest BCUT2D eigenvalue weighted by atomic mass is 9.88. The molecule has 31 heavy (non-hydrogen) atoms. The lowest BCUT2D eigenvalue weighted by molar-refractivity contribution is 0.0734. The minimum Gasteiger partial charge on any atom is -0.423 e. The summed E-state index contributed by atoms with van der Waals surface area (Å²) >= 11 is 1.71. The third-order valence-corrected chi connectivity index (χ3v) is 7.19. The number of anilines is 1. The first kappa shape index (κ1) is 19.8. The highest BCUT2D eigenvalue weighted by Gasteiger charge is 2.33. The molecule has 2 heterocycles. The Morgan fingerprint density at radius 1 is 1.06 bits per heavy atom. The Labute approximate surface area is 185 Å².